The summed E-state index contributed by atoms with van der Waals surface area (Å²) in [6.45, 7) is 10.1. The van der Waals surface area contributed by atoms with Crippen LogP contribution in [0.2, 0.25) is 0 Å². The Morgan fingerprint density at radius 3 is 2.13 bits per heavy atom. The monoisotopic (exact) mass is 649 g/mol. The van der Waals surface area contributed by atoms with Crippen LogP contribution in [0, 0.1) is 6.92 Å². The molecule has 13 heteroatoms. The molecule has 1 N–H and O–H groups in total. The van der Waals surface area contributed by atoms with Crippen molar-refractivity contribution in [2.75, 3.05) is 38.1 Å². The third kappa shape index (κ3) is 8.94. The van der Waals surface area contributed by atoms with Gasteiger partial charge in [-0.25, -0.2) is 4.68 Å². The predicted molar refractivity (Wildman–Crippen MR) is 170 cm³/mol. The minimum Gasteiger partial charge on any atom is -0.484 e. The number of nitrogens with zero attached hydrogens (tertiary/aromatic N) is 6. The first-order valence-electron chi connectivity index (χ1n) is 15.3. The number of hydrogen-bond donors (Lipinski definition) is 1. The molecule has 3 heterocycles. The van der Waals surface area contributed by atoms with E-state index in [2.05, 4.69) is 46.3 Å². The molecule has 248 valence electrons. The molecule has 0 radical (unpaired) electrons. The van der Waals surface area contributed by atoms with Gasteiger partial charge in [0.1, 0.15) is 11.4 Å². The number of aromatic nitrogens is 4. The van der Waals surface area contributed by atoms with Crippen LogP contribution in [0.4, 0.5) is 18.9 Å². The van der Waals surface area contributed by atoms with Crippen LogP contribution in [0.25, 0.3) is 0 Å². The van der Waals surface area contributed by atoms with Crippen LogP contribution in [0.3, 0.4) is 0 Å². The van der Waals surface area contributed by atoms with E-state index in [9.17, 15) is 22.8 Å². The highest BCUT2D eigenvalue weighted by Gasteiger charge is 2.29. The number of amides is 2. The van der Waals surface area contributed by atoms with Gasteiger partial charge in [-0.05, 0) is 59.4 Å². The van der Waals surface area contributed by atoms with E-state index >= 15 is 0 Å². The molecule has 1 aliphatic heterocycles. The van der Waals surface area contributed by atoms with Gasteiger partial charge in [-0.15, -0.1) is 5.10 Å². The lowest BCUT2D eigenvalue weighted by atomic mass is 9.87. The second kappa shape index (κ2) is 13.9. The van der Waals surface area contributed by atoms with E-state index in [1.165, 1.54) is 17.7 Å². The molecule has 10 nitrogen and oxygen atoms in total. The zero-order valence-corrected chi connectivity index (χ0v) is 26.8. The highest BCUT2D eigenvalue weighted by Crippen LogP contribution is 2.24. The molecular formula is C34H38F3N7O3. The number of pyridine rings is 1. The minimum absolute atomic E-state index is 0.0230. The van der Waals surface area contributed by atoms with Crippen LogP contribution in [0.1, 0.15) is 64.1 Å². The number of halogens is 3. The fourth-order valence-corrected chi connectivity index (χ4v) is 5.16. The summed E-state index contributed by atoms with van der Waals surface area (Å²) in [6, 6.07) is 17.8. The highest BCUT2D eigenvalue weighted by atomic mass is 19.4. The molecule has 5 rings (SSSR count). The maximum absolute atomic E-state index is 13.3. The number of benzene rings is 2. The fourth-order valence-electron chi connectivity index (χ4n) is 5.16. The van der Waals surface area contributed by atoms with Crippen molar-refractivity contribution >= 4 is 17.5 Å². The van der Waals surface area contributed by atoms with Crippen LogP contribution in [0.15, 0.2) is 66.9 Å². The number of piperazine rings is 1. The predicted octanol–water partition coefficient (Wildman–Crippen LogP) is 5.48. The molecular weight excluding hydrogens is 611 g/mol. The van der Waals surface area contributed by atoms with Gasteiger partial charge in [-0.2, -0.15) is 13.2 Å². The minimum atomic E-state index is -4.38. The smallest absolute Gasteiger partial charge is 0.422 e. The molecule has 0 bridgehead atoms. The molecule has 2 amide bonds. The first-order chi connectivity index (χ1) is 22.2. The van der Waals surface area contributed by atoms with E-state index in [-0.39, 0.29) is 34.4 Å². The van der Waals surface area contributed by atoms with Crippen molar-refractivity contribution in [3.8, 4) is 5.75 Å². The lowest BCUT2D eigenvalue weighted by Gasteiger charge is -2.34. The number of carbonyl (C=O) groups is 2. The second-order valence-electron chi connectivity index (χ2n) is 12.6. The van der Waals surface area contributed by atoms with Crippen LogP contribution in [-0.2, 0) is 18.5 Å². The Morgan fingerprint density at radius 1 is 0.872 bits per heavy atom. The zero-order chi connectivity index (χ0) is 33.8. The summed E-state index contributed by atoms with van der Waals surface area (Å²) >= 11 is 0. The molecule has 4 aromatic rings. The van der Waals surface area contributed by atoms with Gasteiger partial charge < -0.3 is 15.0 Å². The van der Waals surface area contributed by atoms with Crippen LogP contribution < -0.4 is 10.1 Å². The van der Waals surface area contributed by atoms with Crippen molar-refractivity contribution in [1.82, 2.24) is 29.8 Å². The Morgan fingerprint density at radius 2 is 1.53 bits per heavy atom. The fraction of sp³-hybridized carbons (Fsp3) is 0.382. The molecule has 0 atom stereocenters. The van der Waals surface area contributed by atoms with Crippen molar-refractivity contribution < 1.29 is 27.5 Å². The van der Waals surface area contributed by atoms with Gasteiger partial charge in [-0.3, -0.25) is 19.5 Å². The Labute approximate surface area is 271 Å². The van der Waals surface area contributed by atoms with Crippen molar-refractivity contribution in [2.24, 2.45) is 0 Å². The number of ether oxygens (including phenoxy) is 1. The molecule has 1 saturated heterocycles. The van der Waals surface area contributed by atoms with Gasteiger partial charge in [0.15, 0.2) is 12.3 Å². The van der Waals surface area contributed by atoms with E-state index in [4.69, 9.17) is 4.74 Å². The third-order valence-electron chi connectivity index (χ3n) is 7.98. The number of hydrogen-bond acceptors (Lipinski definition) is 7. The van der Waals surface area contributed by atoms with Gasteiger partial charge in [0.05, 0.1) is 12.2 Å². The Kier molecular flexibility index (Phi) is 9.94. The summed E-state index contributed by atoms with van der Waals surface area (Å²) in [5, 5.41) is 11.2. The normalized spacial score (nSPS) is 14.2. The number of carbonyl (C=O) groups excluding carboxylic acids is 2. The van der Waals surface area contributed by atoms with Gasteiger partial charge in [-0.1, -0.05) is 56.3 Å². The van der Waals surface area contributed by atoms with E-state index in [1.54, 1.807) is 47.0 Å². The second-order valence-corrected chi connectivity index (χ2v) is 12.6. The first kappa shape index (κ1) is 33.6. The van der Waals surface area contributed by atoms with Crippen molar-refractivity contribution in [2.45, 2.75) is 52.4 Å². The summed E-state index contributed by atoms with van der Waals surface area (Å²) in [7, 11) is 0. The van der Waals surface area contributed by atoms with Crippen molar-refractivity contribution in [1.29, 1.82) is 0 Å². The summed E-state index contributed by atoms with van der Waals surface area (Å²) < 4.78 is 43.5. The number of alkyl halides is 3. The van der Waals surface area contributed by atoms with Gasteiger partial charge in [0, 0.05) is 44.6 Å². The molecule has 0 unspecified atom stereocenters. The van der Waals surface area contributed by atoms with Gasteiger partial charge in [0.2, 0.25) is 0 Å². The quantitative estimate of drug-likeness (QED) is 0.256. The van der Waals surface area contributed by atoms with Crippen LogP contribution in [0.5, 0.6) is 5.75 Å². The van der Waals surface area contributed by atoms with Crippen molar-refractivity contribution in [3.05, 3.63) is 101 Å². The molecule has 0 saturated carbocycles. The van der Waals surface area contributed by atoms with Gasteiger partial charge >= 0.3 is 6.18 Å². The molecule has 2 aromatic carbocycles. The molecule has 0 spiro atoms. The molecule has 2 aromatic heterocycles. The number of anilines is 1. The van der Waals surface area contributed by atoms with E-state index in [0.717, 1.165) is 11.1 Å². The molecule has 1 aliphatic rings. The summed E-state index contributed by atoms with van der Waals surface area (Å²) in [5.74, 6) is -0.336. The average Bonchev–Trinajstić information content (AvgIpc) is 3.39. The van der Waals surface area contributed by atoms with Crippen molar-refractivity contribution in [3.63, 3.8) is 0 Å². The zero-order valence-electron chi connectivity index (χ0n) is 26.8. The highest BCUT2D eigenvalue weighted by molar-refractivity contribution is 6.02. The first-order valence-corrected chi connectivity index (χ1v) is 15.3. The van der Waals surface area contributed by atoms with E-state index < -0.39 is 12.8 Å². The van der Waals surface area contributed by atoms with E-state index in [0.29, 0.717) is 50.6 Å². The van der Waals surface area contributed by atoms with Crippen LogP contribution in [-0.4, -0.2) is 80.6 Å². The Bertz CT molecular complexity index is 1670. The number of rotatable bonds is 9. The maximum Gasteiger partial charge on any atom is 0.422 e. The summed E-state index contributed by atoms with van der Waals surface area (Å²) in [4.78, 5) is 34.3. The lowest BCUT2D eigenvalue weighted by Crippen LogP contribution is -2.48. The van der Waals surface area contributed by atoms with E-state index in [1.807, 2.05) is 24.3 Å². The third-order valence-corrected chi connectivity index (χ3v) is 7.98. The summed E-state index contributed by atoms with van der Waals surface area (Å²) in [6.07, 6.45) is -2.77. The number of nitrogens with one attached hydrogen (secondary N) is 1. The standard InChI is InChI=1S/C34H38F3N7O3/c1-23-30(32(46)43-17-15-42(16-18-43)20-24-5-12-28(13-6-24)47-22-34(35,36)37)40-41-44(23)21-25-7-14-29(38-19-25)31(45)39-27-10-8-26(9-11-27)33(2,3)4/h5-14,19H,15-18,20-22H2,1-4H3,(H,39,45). The molecule has 47 heavy (non-hydrogen) atoms. The lowest BCUT2D eigenvalue weighted by molar-refractivity contribution is -0.153. The average molecular weight is 650 g/mol. The topological polar surface area (TPSA) is 105 Å². The van der Waals surface area contributed by atoms with Gasteiger partial charge in [0.25, 0.3) is 11.8 Å². The Balaban J connectivity index is 1.10. The Hall–Kier alpha value is -4.78. The van der Waals surface area contributed by atoms with Crippen LogP contribution >= 0.6 is 0 Å². The largest absolute Gasteiger partial charge is 0.484 e. The summed E-state index contributed by atoms with van der Waals surface area (Å²) in [5.41, 5.74) is 4.83. The maximum atomic E-state index is 13.3. The molecule has 1 fully saturated rings. The molecule has 0 aliphatic carbocycles. The SMILES string of the molecule is Cc1c(C(=O)N2CCN(Cc3ccc(OCC(F)(F)F)cc3)CC2)nnn1Cc1ccc(C(=O)Nc2ccc(C(C)(C)C)cc2)nc1.